The molecule has 2 aromatic carbocycles. The molecule has 1 aliphatic heterocycles. The van der Waals surface area contributed by atoms with Gasteiger partial charge in [-0.15, -0.1) is 0 Å². The van der Waals surface area contributed by atoms with Gasteiger partial charge >= 0.3 is 6.03 Å². The van der Waals surface area contributed by atoms with E-state index in [0.717, 1.165) is 10.5 Å². The molecule has 0 saturated carbocycles. The lowest BCUT2D eigenvalue weighted by atomic mass is 10.0. The summed E-state index contributed by atoms with van der Waals surface area (Å²) in [7, 11) is -3.54. The Morgan fingerprint density at radius 2 is 1.64 bits per heavy atom. The van der Waals surface area contributed by atoms with Crippen molar-refractivity contribution in [2.45, 2.75) is 11.4 Å². The molecule has 1 fully saturated rings. The van der Waals surface area contributed by atoms with E-state index in [-0.39, 0.29) is 17.2 Å². The average Bonchev–Trinajstić information content (AvgIpc) is 2.64. The van der Waals surface area contributed by atoms with Crippen LogP contribution in [-0.4, -0.2) is 37.6 Å². The first-order valence-electron chi connectivity index (χ1n) is 7.88. The lowest BCUT2D eigenvalue weighted by molar-refractivity contribution is -0.141. The van der Waals surface area contributed by atoms with Gasteiger partial charge in [0.1, 0.15) is 0 Å². The van der Waals surface area contributed by atoms with Crippen LogP contribution in [0.3, 0.4) is 0 Å². The number of benzene rings is 2. The molecule has 0 spiro atoms. The first-order chi connectivity index (χ1) is 12.0. The van der Waals surface area contributed by atoms with Crippen molar-refractivity contribution in [3.8, 4) is 0 Å². The van der Waals surface area contributed by atoms with Crippen molar-refractivity contribution in [2.24, 2.45) is 5.92 Å². The number of nitrogens with zero attached hydrogens (tertiary/aromatic N) is 1. The van der Waals surface area contributed by atoms with E-state index in [1.54, 1.807) is 18.2 Å². The Labute approximate surface area is 146 Å². The number of urea groups is 1. The van der Waals surface area contributed by atoms with Crippen molar-refractivity contribution in [3.63, 3.8) is 0 Å². The van der Waals surface area contributed by atoms with E-state index in [9.17, 15) is 18.0 Å². The summed E-state index contributed by atoms with van der Waals surface area (Å²) in [6.45, 7) is 0.432. The number of amides is 3. The minimum absolute atomic E-state index is 0.117. The molecule has 3 amide bonds. The zero-order valence-corrected chi connectivity index (χ0v) is 14.3. The number of β-lactam (4-membered cyclic amide) rings is 1. The SMILES string of the molecule is O=C(NCc1ccccc1)N1C[C@@H](CS(=O)(=O)c2ccccc2)C1=O. The predicted octanol–water partition coefficient (Wildman–Crippen LogP) is 1.83. The monoisotopic (exact) mass is 358 g/mol. The van der Waals surface area contributed by atoms with Crippen molar-refractivity contribution < 1.29 is 18.0 Å². The third-order valence-corrected chi connectivity index (χ3v) is 5.90. The standard InChI is InChI=1S/C18H18N2O4S/c21-17-15(13-25(23,24)16-9-5-2-6-10-16)12-20(17)18(22)19-11-14-7-3-1-4-8-14/h1-10,15H,11-13H2,(H,19,22)/t15-/m0/s1. The number of rotatable bonds is 5. The molecule has 1 atom stereocenters. The van der Waals surface area contributed by atoms with E-state index in [0.29, 0.717) is 6.54 Å². The van der Waals surface area contributed by atoms with E-state index in [1.165, 1.54) is 12.1 Å². The van der Waals surface area contributed by atoms with Crippen molar-refractivity contribution in [3.05, 3.63) is 66.2 Å². The Hall–Kier alpha value is -2.67. The maximum Gasteiger partial charge on any atom is 0.324 e. The lowest BCUT2D eigenvalue weighted by Crippen LogP contribution is -2.59. The molecule has 25 heavy (non-hydrogen) atoms. The Bertz CT molecular complexity index is 866. The molecule has 0 bridgehead atoms. The van der Waals surface area contributed by atoms with Crippen LogP contribution in [0.1, 0.15) is 5.56 Å². The normalized spacial score (nSPS) is 17.0. The van der Waals surface area contributed by atoms with E-state index in [4.69, 9.17) is 0 Å². The van der Waals surface area contributed by atoms with Gasteiger partial charge in [0.25, 0.3) is 0 Å². The smallest absolute Gasteiger partial charge is 0.324 e. The predicted molar refractivity (Wildman–Crippen MR) is 92.4 cm³/mol. The van der Waals surface area contributed by atoms with Crippen LogP contribution < -0.4 is 5.32 Å². The fourth-order valence-corrected chi connectivity index (χ4v) is 4.20. The molecule has 1 heterocycles. The van der Waals surface area contributed by atoms with Gasteiger partial charge in [0, 0.05) is 13.1 Å². The average molecular weight is 358 g/mol. The number of hydrogen-bond donors (Lipinski definition) is 1. The topological polar surface area (TPSA) is 83.6 Å². The van der Waals surface area contributed by atoms with Gasteiger partial charge in [0.15, 0.2) is 9.84 Å². The minimum Gasteiger partial charge on any atom is -0.334 e. The second-order valence-corrected chi connectivity index (χ2v) is 7.92. The number of imide groups is 1. The highest BCUT2D eigenvalue weighted by molar-refractivity contribution is 7.91. The molecule has 1 N–H and O–H groups in total. The number of carbonyl (C=O) groups excluding carboxylic acids is 2. The van der Waals surface area contributed by atoms with Gasteiger partial charge in [-0.05, 0) is 17.7 Å². The maximum absolute atomic E-state index is 12.3. The van der Waals surface area contributed by atoms with E-state index in [1.807, 2.05) is 30.3 Å². The van der Waals surface area contributed by atoms with Crippen molar-refractivity contribution in [1.82, 2.24) is 10.2 Å². The number of nitrogens with one attached hydrogen (secondary N) is 1. The van der Waals surface area contributed by atoms with Gasteiger partial charge in [-0.1, -0.05) is 48.5 Å². The van der Waals surface area contributed by atoms with Crippen LogP contribution in [-0.2, 0) is 21.2 Å². The zero-order valence-electron chi connectivity index (χ0n) is 13.5. The summed E-state index contributed by atoms with van der Waals surface area (Å²) in [5.41, 5.74) is 0.923. The highest BCUT2D eigenvalue weighted by Gasteiger charge is 2.43. The summed E-state index contributed by atoms with van der Waals surface area (Å²) in [6, 6.07) is 16.8. The summed E-state index contributed by atoms with van der Waals surface area (Å²) in [5.74, 6) is -1.41. The van der Waals surface area contributed by atoms with E-state index >= 15 is 0 Å². The van der Waals surface area contributed by atoms with Crippen LogP contribution in [0.15, 0.2) is 65.6 Å². The molecule has 0 radical (unpaired) electrons. The number of sulfone groups is 1. The Morgan fingerprint density at radius 3 is 2.24 bits per heavy atom. The van der Waals surface area contributed by atoms with Crippen LogP contribution in [0.25, 0.3) is 0 Å². The second kappa shape index (κ2) is 7.06. The van der Waals surface area contributed by atoms with Crippen LogP contribution in [0.4, 0.5) is 4.79 Å². The molecule has 130 valence electrons. The first-order valence-corrected chi connectivity index (χ1v) is 9.53. The second-order valence-electron chi connectivity index (χ2n) is 5.88. The fraction of sp³-hybridized carbons (Fsp3) is 0.222. The lowest BCUT2D eigenvalue weighted by Gasteiger charge is -2.36. The van der Waals surface area contributed by atoms with Gasteiger partial charge in [0.2, 0.25) is 5.91 Å². The molecule has 0 aromatic heterocycles. The molecular formula is C18H18N2O4S. The van der Waals surface area contributed by atoms with E-state index in [2.05, 4.69) is 5.32 Å². The number of hydrogen-bond acceptors (Lipinski definition) is 4. The van der Waals surface area contributed by atoms with Gasteiger partial charge in [-0.2, -0.15) is 0 Å². The highest BCUT2D eigenvalue weighted by atomic mass is 32.2. The summed E-state index contributed by atoms with van der Waals surface area (Å²) in [5, 5.41) is 2.66. The van der Waals surface area contributed by atoms with Gasteiger partial charge in [-0.25, -0.2) is 13.2 Å². The van der Waals surface area contributed by atoms with Crippen LogP contribution in [0, 0.1) is 5.92 Å². The van der Waals surface area contributed by atoms with Crippen molar-refractivity contribution in [2.75, 3.05) is 12.3 Å². The third kappa shape index (κ3) is 3.88. The highest BCUT2D eigenvalue weighted by Crippen LogP contribution is 2.23. The summed E-state index contributed by atoms with van der Waals surface area (Å²) in [6.07, 6.45) is 0. The minimum atomic E-state index is -3.54. The summed E-state index contributed by atoms with van der Waals surface area (Å²) in [4.78, 5) is 25.4. The van der Waals surface area contributed by atoms with E-state index < -0.39 is 27.7 Å². The Balaban J connectivity index is 1.54. The Kier molecular flexibility index (Phi) is 4.85. The third-order valence-electron chi connectivity index (χ3n) is 4.07. The fourth-order valence-electron chi connectivity index (χ4n) is 2.66. The maximum atomic E-state index is 12.3. The molecule has 1 aliphatic rings. The number of likely N-dealkylation sites (tertiary alicyclic amines) is 1. The van der Waals surface area contributed by atoms with Gasteiger partial charge < -0.3 is 5.32 Å². The van der Waals surface area contributed by atoms with Crippen LogP contribution in [0.5, 0.6) is 0 Å². The molecule has 3 rings (SSSR count). The molecule has 1 saturated heterocycles. The molecule has 7 heteroatoms. The van der Waals surface area contributed by atoms with Crippen LogP contribution >= 0.6 is 0 Å². The summed E-state index contributed by atoms with van der Waals surface area (Å²) < 4.78 is 24.6. The van der Waals surface area contributed by atoms with Gasteiger partial charge in [-0.3, -0.25) is 9.69 Å². The largest absolute Gasteiger partial charge is 0.334 e. The molecule has 2 aromatic rings. The molecule has 0 aliphatic carbocycles. The van der Waals surface area contributed by atoms with Crippen molar-refractivity contribution in [1.29, 1.82) is 0 Å². The summed E-state index contributed by atoms with van der Waals surface area (Å²) >= 11 is 0. The quantitative estimate of drug-likeness (QED) is 0.827. The van der Waals surface area contributed by atoms with Crippen molar-refractivity contribution >= 4 is 21.8 Å². The first kappa shape index (κ1) is 17.2. The molecular weight excluding hydrogens is 340 g/mol. The molecule has 0 unspecified atom stereocenters. The van der Waals surface area contributed by atoms with Gasteiger partial charge in [0.05, 0.1) is 16.6 Å². The zero-order chi connectivity index (χ0) is 17.9. The van der Waals surface area contributed by atoms with Crippen LogP contribution in [0.2, 0.25) is 0 Å². The number of carbonyl (C=O) groups is 2. The molecule has 6 nitrogen and oxygen atoms in total. The Morgan fingerprint density at radius 1 is 1.04 bits per heavy atom.